The van der Waals surface area contributed by atoms with Crippen LogP contribution < -0.4 is 10.6 Å². The number of rotatable bonds is 2. The maximum atomic E-state index is 13.1. The molecular weight excluding hydrogens is 408 g/mol. The number of hydrogen-bond acceptors (Lipinski definition) is 5. The molecule has 1 unspecified atom stereocenters. The number of benzene rings is 1. The fourth-order valence-electron chi connectivity index (χ4n) is 5.11. The maximum absolute atomic E-state index is 13.1. The van der Waals surface area contributed by atoms with E-state index in [2.05, 4.69) is 15.6 Å². The molecule has 1 spiro atoms. The Morgan fingerprint density at radius 3 is 2.90 bits per heavy atom. The smallest absolute Gasteiger partial charge is 0.319 e. The molecule has 5 rings (SSSR count). The third-order valence-corrected chi connectivity index (χ3v) is 6.89. The summed E-state index contributed by atoms with van der Waals surface area (Å²) in [6.07, 6.45) is 6.57. The third-order valence-electron chi connectivity index (χ3n) is 6.59. The summed E-state index contributed by atoms with van der Waals surface area (Å²) >= 11 is 6.53. The van der Waals surface area contributed by atoms with Crippen LogP contribution in [0.2, 0.25) is 5.02 Å². The number of hydrogen-bond donors (Lipinski definition) is 2. The molecule has 1 aromatic carbocycles. The van der Waals surface area contributed by atoms with Crippen molar-refractivity contribution in [2.24, 2.45) is 0 Å². The van der Waals surface area contributed by atoms with Crippen LogP contribution in [0.15, 0.2) is 10.5 Å². The summed E-state index contributed by atoms with van der Waals surface area (Å²) < 4.78 is 11.5. The lowest BCUT2D eigenvalue weighted by atomic mass is 9.74. The number of amides is 3. The van der Waals surface area contributed by atoms with Crippen LogP contribution in [0, 0.1) is 0 Å². The molecule has 0 bridgehead atoms. The van der Waals surface area contributed by atoms with E-state index in [0.29, 0.717) is 34.9 Å². The molecule has 1 saturated heterocycles. The van der Waals surface area contributed by atoms with E-state index < -0.39 is 5.54 Å². The average molecular weight is 433 g/mol. The summed E-state index contributed by atoms with van der Waals surface area (Å²) in [6, 6.07) is 1.40. The van der Waals surface area contributed by atoms with Crippen LogP contribution in [-0.4, -0.2) is 48.1 Å². The summed E-state index contributed by atoms with van der Waals surface area (Å²) in [5, 5.41) is 6.34. The van der Waals surface area contributed by atoms with Gasteiger partial charge in [0.2, 0.25) is 0 Å². The fraction of sp³-hybridized carbons (Fsp3) is 0.571. The van der Waals surface area contributed by atoms with Crippen molar-refractivity contribution in [2.45, 2.75) is 56.6 Å². The van der Waals surface area contributed by atoms with Crippen molar-refractivity contribution in [3.63, 3.8) is 0 Å². The highest BCUT2D eigenvalue weighted by molar-refractivity contribution is 6.35. The number of ether oxygens (including phenoxy) is 1. The first-order chi connectivity index (χ1) is 14.5. The number of piperidine rings is 1. The fourth-order valence-corrected chi connectivity index (χ4v) is 5.35. The van der Waals surface area contributed by atoms with Crippen LogP contribution >= 0.6 is 11.6 Å². The normalized spacial score (nSPS) is 23.2. The molecule has 3 heterocycles. The highest BCUT2D eigenvalue weighted by atomic mass is 35.5. The van der Waals surface area contributed by atoms with Crippen LogP contribution in [0.5, 0.6) is 0 Å². The van der Waals surface area contributed by atoms with Gasteiger partial charge in [0.15, 0.2) is 5.58 Å². The molecule has 2 N–H and O–H groups in total. The minimum absolute atomic E-state index is 0.0270. The predicted octanol–water partition coefficient (Wildman–Crippen LogP) is 4.03. The van der Waals surface area contributed by atoms with Crippen LogP contribution in [0.4, 0.5) is 10.5 Å². The lowest BCUT2D eigenvalue weighted by molar-refractivity contribution is 0.0249. The molecule has 1 aliphatic carbocycles. The number of fused-ring (bicyclic) bond motifs is 4. The second kappa shape index (κ2) is 7.42. The number of oxazole rings is 1. The Morgan fingerprint density at radius 2 is 2.13 bits per heavy atom. The molecule has 1 atom stereocenters. The van der Waals surface area contributed by atoms with E-state index in [-0.39, 0.29) is 23.9 Å². The molecule has 3 aliphatic rings. The first-order valence-electron chi connectivity index (χ1n) is 10.6. The van der Waals surface area contributed by atoms with E-state index in [1.807, 2.05) is 0 Å². The van der Waals surface area contributed by atoms with Gasteiger partial charge in [-0.25, -0.2) is 9.78 Å². The monoisotopic (exact) mass is 432 g/mol. The second-order valence-electron chi connectivity index (χ2n) is 8.45. The minimum atomic E-state index is -0.550. The molecular formula is C21H25ClN4O4. The molecule has 1 aromatic heterocycles. The molecule has 0 radical (unpaired) electrons. The second-order valence-corrected chi connectivity index (χ2v) is 8.86. The van der Waals surface area contributed by atoms with Gasteiger partial charge in [-0.2, -0.15) is 0 Å². The summed E-state index contributed by atoms with van der Waals surface area (Å²) in [6.45, 7) is 1.17. The zero-order chi connectivity index (χ0) is 20.9. The van der Waals surface area contributed by atoms with Gasteiger partial charge in [-0.15, -0.1) is 0 Å². The van der Waals surface area contributed by atoms with Crippen molar-refractivity contribution in [1.29, 1.82) is 0 Å². The number of halogens is 1. The summed E-state index contributed by atoms with van der Waals surface area (Å²) in [5.74, 6) is -0.197. The summed E-state index contributed by atoms with van der Waals surface area (Å²) in [5.41, 5.74) is 1.87. The van der Waals surface area contributed by atoms with E-state index in [0.717, 1.165) is 50.5 Å². The number of carbonyl (C=O) groups excluding carboxylic acids is 2. The van der Waals surface area contributed by atoms with Gasteiger partial charge < -0.3 is 24.7 Å². The maximum Gasteiger partial charge on any atom is 0.319 e. The van der Waals surface area contributed by atoms with E-state index in [1.165, 1.54) is 0 Å². The molecule has 9 heteroatoms. The van der Waals surface area contributed by atoms with Crippen molar-refractivity contribution in [3.05, 3.63) is 22.5 Å². The number of nitrogens with one attached hydrogen (secondary N) is 2. The van der Waals surface area contributed by atoms with E-state index in [9.17, 15) is 9.59 Å². The SMILES string of the molecule is COC1CCCN(C(=O)c2nc3cc(Cl)c4c(c3o2)C2(CCCCC2)NC(=O)N4)C1. The third kappa shape index (κ3) is 3.13. The summed E-state index contributed by atoms with van der Waals surface area (Å²) in [7, 11) is 1.66. The quantitative estimate of drug-likeness (QED) is 0.746. The summed E-state index contributed by atoms with van der Waals surface area (Å²) in [4.78, 5) is 31.7. The Kier molecular flexibility index (Phi) is 4.86. The van der Waals surface area contributed by atoms with Gasteiger partial charge in [0, 0.05) is 25.8 Å². The number of nitrogens with zero attached hydrogens (tertiary/aromatic N) is 2. The zero-order valence-electron chi connectivity index (χ0n) is 16.9. The van der Waals surface area contributed by atoms with Crippen LogP contribution in [-0.2, 0) is 10.3 Å². The van der Waals surface area contributed by atoms with Crippen molar-refractivity contribution < 1.29 is 18.7 Å². The molecule has 2 aromatic rings. The number of likely N-dealkylation sites (tertiary alicyclic amines) is 1. The Labute approximate surface area is 179 Å². The topological polar surface area (TPSA) is 96.7 Å². The molecule has 3 amide bonds. The van der Waals surface area contributed by atoms with Gasteiger partial charge >= 0.3 is 11.9 Å². The number of aromatic nitrogens is 1. The standard InChI is InChI=1S/C21H25ClN4O4/c1-29-12-6-5-9-26(11-12)19(27)18-23-14-10-13(22)16-15(17(14)30-18)21(25-20(28)24-16)7-3-2-4-8-21/h10,12H,2-9,11H2,1H3,(H2,24,25,28). The Morgan fingerprint density at radius 1 is 1.33 bits per heavy atom. The van der Waals surface area contributed by atoms with Gasteiger partial charge in [-0.3, -0.25) is 4.79 Å². The molecule has 160 valence electrons. The highest BCUT2D eigenvalue weighted by Gasteiger charge is 2.44. The average Bonchev–Trinajstić information content (AvgIpc) is 3.17. The Hall–Kier alpha value is -2.32. The highest BCUT2D eigenvalue weighted by Crippen LogP contribution is 2.48. The number of urea groups is 1. The first kappa shape index (κ1) is 19.6. The van der Waals surface area contributed by atoms with Gasteiger partial charge in [0.25, 0.3) is 5.89 Å². The lowest BCUT2D eigenvalue weighted by Gasteiger charge is -2.42. The van der Waals surface area contributed by atoms with Gasteiger partial charge in [0.1, 0.15) is 5.52 Å². The van der Waals surface area contributed by atoms with E-state index in [1.54, 1.807) is 18.1 Å². The van der Waals surface area contributed by atoms with Gasteiger partial charge in [-0.1, -0.05) is 30.9 Å². The number of methoxy groups -OCH3 is 1. The largest absolute Gasteiger partial charge is 0.432 e. The first-order valence-corrected chi connectivity index (χ1v) is 10.9. The van der Waals surface area contributed by atoms with E-state index in [4.69, 9.17) is 20.8 Å². The van der Waals surface area contributed by atoms with Crippen molar-refractivity contribution in [1.82, 2.24) is 15.2 Å². The number of anilines is 1. The van der Waals surface area contributed by atoms with Crippen molar-refractivity contribution in [2.75, 3.05) is 25.5 Å². The van der Waals surface area contributed by atoms with Crippen molar-refractivity contribution >= 4 is 40.3 Å². The Bertz CT molecular complexity index is 1010. The molecule has 1 saturated carbocycles. The van der Waals surface area contributed by atoms with E-state index >= 15 is 0 Å². The number of carbonyl (C=O) groups is 2. The molecule has 30 heavy (non-hydrogen) atoms. The molecule has 2 aliphatic heterocycles. The van der Waals surface area contributed by atoms with Crippen molar-refractivity contribution in [3.8, 4) is 0 Å². The van der Waals surface area contributed by atoms with Crippen LogP contribution in [0.3, 0.4) is 0 Å². The van der Waals surface area contributed by atoms with Gasteiger partial charge in [0.05, 0.1) is 22.4 Å². The predicted molar refractivity (Wildman–Crippen MR) is 112 cm³/mol. The van der Waals surface area contributed by atoms with Crippen LogP contribution in [0.25, 0.3) is 11.1 Å². The molecule has 2 fully saturated rings. The minimum Gasteiger partial charge on any atom is -0.432 e. The van der Waals surface area contributed by atoms with Crippen LogP contribution in [0.1, 0.15) is 61.2 Å². The zero-order valence-corrected chi connectivity index (χ0v) is 17.7. The Balaban J connectivity index is 1.59. The lowest BCUT2D eigenvalue weighted by Crippen LogP contribution is -2.52. The molecule has 8 nitrogen and oxygen atoms in total. The van der Waals surface area contributed by atoms with Gasteiger partial charge in [-0.05, 0) is 31.7 Å².